The van der Waals surface area contributed by atoms with E-state index in [1.54, 1.807) is 0 Å². The molecule has 0 unspecified atom stereocenters. The third-order valence-electron chi connectivity index (χ3n) is 22.3. The van der Waals surface area contributed by atoms with Crippen molar-refractivity contribution in [3.63, 3.8) is 0 Å². The van der Waals surface area contributed by atoms with Crippen molar-refractivity contribution in [3.8, 4) is 11.5 Å². The molecule has 0 atom stereocenters. The van der Waals surface area contributed by atoms with E-state index >= 15 is 0 Å². The first-order valence-electron chi connectivity index (χ1n) is 38.5. The molecule has 16 aromatic carbocycles. The van der Waals surface area contributed by atoms with Crippen LogP contribution in [0.25, 0.3) is 43.1 Å². The van der Waals surface area contributed by atoms with Gasteiger partial charge in [-0.3, -0.25) is 4.79 Å². The van der Waals surface area contributed by atoms with Crippen LogP contribution >= 0.6 is 7.92 Å². The largest absolute Gasteiger partial charge is 0.456 e. The molecule has 0 fully saturated rings. The number of carbonyl (C=O) groups is 1. The van der Waals surface area contributed by atoms with Gasteiger partial charge in [-0.25, -0.2) is 0 Å². The highest BCUT2D eigenvalue weighted by Crippen LogP contribution is 2.60. The highest BCUT2D eigenvalue weighted by molar-refractivity contribution is 7.80. The number of benzene rings is 16. The Morgan fingerprint density at radius 1 is 0.321 bits per heavy atom. The molecule has 109 heavy (non-hydrogen) atoms. The molecule has 2 aliphatic rings. The number of fused-ring (bicyclic) bond motifs is 10. The van der Waals surface area contributed by atoms with Crippen LogP contribution < -0.4 is 25.6 Å². The summed E-state index contributed by atoms with van der Waals surface area (Å²) in [5, 5.41) is 15.0. The van der Waals surface area contributed by atoms with Crippen LogP contribution in [-0.4, -0.2) is 5.78 Å². The van der Waals surface area contributed by atoms with Gasteiger partial charge in [-0.15, -0.1) is 0 Å². The lowest BCUT2D eigenvalue weighted by molar-refractivity contribution is 0.103. The lowest BCUT2D eigenvalue weighted by atomic mass is 9.57. The van der Waals surface area contributed by atoms with Crippen LogP contribution in [0.15, 0.2) is 346 Å². The van der Waals surface area contributed by atoms with Crippen LogP contribution in [0.4, 0.5) is 17.1 Å². The molecule has 0 bridgehead atoms. The van der Waals surface area contributed by atoms with E-state index in [0.717, 1.165) is 56.4 Å². The Morgan fingerprint density at radius 3 is 1.05 bits per heavy atom. The van der Waals surface area contributed by atoms with Crippen LogP contribution in [-0.2, 0) is 27.1 Å². The van der Waals surface area contributed by atoms with E-state index < -0.39 is 13.3 Å². The fourth-order valence-electron chi connectivity index (χ4n) is 16.7. The van der Waals surface area contributed by atoms with Crippen LogP contribution in [0.1, 0.15) is 166 Å². The van der Waals surface area contributed by atoms with Gasteiger partial charge in [-0.05, 0) is 200 Å². The highest BCUT2D eigenvalue weighted by atomic mass is 31.1. The minimum Gasteiger partial charge on any atom is -0.456 e. The Labute approximate surface area is 645 Å². The minimum absolute atomic E-state index is 0.0560. The summed E-state index contributed by atoms with van der Waals surface area (Å²) in [7, 11) is -0.801. The van der Waals surface area contributed by atoms with E-state index in [4.69, 9.17) is 4.74 Å². The van der Waals surface area contributed by atoms with E-state index in [1.165, 1.54) is 104 Å². The van der Waals surface area contributed by atoms with Gasteiger partial charge in [0.15, 0.2) is 5.78 Å². The van der Waals surface area contributed by atoms with Crippen molar-refractivity contribution in [1.82, 2.24) is 0 Å². The first-order chi connectivity index (χ1) is 52.6. The van der Waals surface area contributed by atoms with E-state index in [0.29, 0.717) is 0 Å². The molecule has 16 aromatic rings. The van der Waals surface area contributed by atoms with Crippen molar-refractivity contribution in [3.05, 3.63) is 418 Å². The molecule has 0 saturated carbocycles. The molecule has 18 rings (SSSR count). The monoisotopic (exact) mass is 1430 g/mol. The lowest BCUT2D eigenvalue weighted by Gasteiger charge is -2.48. The van der Waals surface area contributed by atoms with Crippen molar-refractivity contribution in [2.75, 3.05) is 4.90 Å². The number of ether oxygens (including phenoxy) is 1. The SMILES string of the molecule is CC(C)(C)c1cc2cc(C(C)(C)C)cc3c4cc(C(C)(C)C)cc5cc(C(C)(C)C)cc(c(c1)c23)c54.O=C1c2ccccc2C2(c3ccccc31)c1ccccc1N(c1ccccc1)c1ccccc12.c1ccc(C(c2ccccc2)c2ccccc2Oc2ccccc2P(c2ccccc2)c2ccccc2)cc1. The highest BCUT2D eigenvalue weighted by Gasteiger charge is 2.51. The quantitative estimate of drug-likeness (QED) is 0.0624. The third-order valence-corrected chi connectivity index (χ3v) is 24.7. The molecule has 1 spiro atoms. The van der Waals surface area contributed by atoms with Gasteiger partial charge in [0.25, 0.3) is 0 Å². The van der Waals surface area contributed by atoms with Crippen LogP contribution in [0.3, 0.4) is 0 Å². The summed E-state index contributed by atoms with van der Waals surface area (Å²) in [4.78, 5) is 16.0. The first-order valence-corrected chi connectivity index (χ1v) is 39.8. The summed E-state index contributed by atoms with van der Waals surface area (Å²) in [5.74, 6) is 1.92. The van der Waals surface area contributed by atoms with E-state index in [9.17, 15) is 4.79 Å². The normalized spacial score (nSPS) is 13.2. The summed E-state index contributed by atoms with van der Waals surface area (Å²) in [5.41, 5.74) is 18.4. The van der Waals surface area contributed by atoms with Crippen LogP contribution in [0.5, 0.6) is 11.5 Å². The van der Waals surface area contributed by atoms with Crippen LogP contribution in [0, 0.1) is 0 Å². The number of para-hydroxylation sites is 5. The Balaban J connectivity index is 0.000000125. The summed E-state index contributed by atoms with van der Waals surface area (Å²) < 4.78 is 6.90. The average Bonchev–Trinajstić information content (AvgIpc) is 0.684. The number of nitrogens with zero attached hydrogens (tertiary/aromatic N) is 1. The van der Waals surface area contributed by atoms with Gasteiger partial charge in [-0.1, -0.05) is 368 Å². The van der Waals surface area contributed by atoms with Gasteiger partial charge in [-0.2, -0.15) is 0 Å². The molecular formula is C105H94NO2P. The number of carbonyl (C=O) groups excluding carboxylic acids is 1. The molecular weight excluding hydrogens is 1340 g/mol. The van der Waals surface area contributed by atoms with Gasteiger partial charge in [0.05, 0.1) is 16.8 Å². The topological polar surface area (TPSA) is 29.5 Å². The average molecular weight is 1430 g/mol. The number of hydrogen-bond acceptors (Lipinski definition) is 3. The number of rotatable bonds is 9. The van der Waals surface area contributed by atoms with Gasteiger partial charge in [0.2, 0.25) is 0 Å². The maximum atomic E-state index is 13.6. The Hall–Kier alpha value is -11.5. The standard InChI is InChI=1S/C37H29OP.C36H44.C32H21NO/c1-5-17-29(18-6-1)37(30-19-7-2-8-20-30)33-25-13-14-26-34(33)38-35-27-15-16-28-36(35)39(31-21-9-3-10-22-31)32-23-11-4-12-24-32;1-33(2,3)23-13-21-14-24(34(4,5)6)19-29-30-20-26(36(10,11)12)16-22-15-25(35(7,8)9)18-28(32(22)30)27(17-23)31(21)29;34-31-23-14-4-6-16-25(23)32(26-17-7-5-15-24(26)31)27-18-8-10-20-29(27)33(22-12-2-1-3-13-22)30-21-11-9-19-28(30)32/h1-28,37H;13-20H,1-12H3;1-21H. The van der Waals surface area contributed by atoms with Crippen molar-refractivity contribution in [2.24, 2.45) is 0 Å². The zero-order chi connectivity index (χ0) is 75.6. The second kappa shape index (κ2) is 28.6. The van der Waals surface area contributed by atoms with Gasteiger partial charge >= 0.3 is 0 Å². The van der Waals surface area contributed by atoms with E-state index in [-0.39, 0.29) is 33.4 Å². The molecule has 0 aromatic heterocycles. The predicted octanol–water partition coefficient (Wildman–Crippen LogP) is 26.7. The fraction of sp³-hybridized carbons (Fsp3) is 0.171. The minimum atomic E-state index is -0.801. The summed E-state index contributed by atoms with van der Waals surface area (Å²) >= 11 is 0. The zero-order valence-corrected chi connectivity index (χ0v) is 65.6. The third kappa shape index (κ3) is 13.3. The smallest absolute Gasteiger partial charge is 0.193 e. The second-order valence-corrected chi connectivity index (χ2v) is 35.7. The van der Waals surface area contributed by atoms with Gasteiger partial charge in [0.1, 0.15) is 11.5 Å². The van der Waals surface area contributed by atoms with E-state index in [2.05, 4.69) is 403 Å². The molecule has 1 heterocycles. The van der Waals surface area contributed by atoms with E-state index in [1.807, 2.05) is 30.3 Å². The van der Waals surface area contributed by atoms with Gasteiger partial charge < -0.3 is 9.64 Å². The fourth-order valence-corrected chi connectivity index (χ4v) is 19.1. The van der Waals surface area contributed by atoms with Crippen LogP contribution in [0.2, 0.25) is 0 Å². The predicted molar refractivity (Wildman–Crippen MR) is 464 cm³/mol. The number of ketones is 1. The number of hydrogen-bond donors (Lipinski definition) is 0. The molecule has 1 aliphatic carbocycles. The molecule has 1 aliphatic heterocycles. The van der Waals surface area contributed by atoms with Crippen molar-refractivity contribution in [1.29, 1.82) is 0 Å². The molecule has 4 heteroatoms. The zero-order valence-electron chi connectivity index (χ0n) is 64.7. The molecule has 536 valence electrons. The van der Waals surface area contributed by atoms with Gasteiger partial charge in [0, 0.05) is 33.6 Å². The maximum Gasteiger partial charge on any atom is 0.193 e. The first kappa shape index (κ1) is 71.8. The summed E-state index contributed by atoms with van der Waals surface area (Å²) in [6, 6.07) is 124. The summed E-state index contributed by atoms with van der Waals surface area (Å²) in [6.07, 6.45) is 0. The van der Waals surface area contributed by atoms with Crippen molar-refractivity contribution < 1.29 is 9.53 Å². The maximum absolute atomic E-state index is 13.6. The Bertz CT molecular complexity index is 5470. The second-order valence-electron chi connectivity index (χ2n) is 33.5. The molecule has 0 saturated heterocycles. The molecule has 0 N–H and O–H groups in total. The Morgan fingerprint density at radius 2 is 0.642 bits per heavy atom. The number of anilines is 3. The van der Waals surface area contributed by atoms with Crippen molar-refractivity contribution in [2.45, 2.75) is 116 Å². The molecule has 3 nitrogen and oxygen atoms in total. The molecule has 0 amide bonds. The molecule has 0 radical (unpaired) electrons. The summed E-state index contributed by atoms with van der Waals surface area (Å²) in [6.45, 7) is 28.0. The Kier molecular flexibility index (Phi) is 18.8. The lowest BCUT2D eigenvalue weighted by Crippen LogP contribution is -2.42. The van der Waals surface area contributed by atoms with Crippen molar-refractivity contribution >= 4 is 89.8 Å².